The van der Waals surface area contributed by atoms with Crippen molar-refractivity contribution in [1.82, 2.24) is 9.88 Å². The highest BCUT2D eigenvalue weighted by Gasteiger charge is 2.36. The summed E-state index contributed by atoms with van der Waals surface area (Å²) in [6.45, 7) is 2.97. The number of aliphatic carboxylic acids is 1. The van der Waals surface area contributed by atoms with Crippen LogP contribution in [0.15, 0.2) is 21.3 Å². The van der Waals surface area contributed by atoms with Gasteiger partial charge in [0.25, 0.3) is 5.91 Å². The van der Waals surface area contributed by atoms with E-state index in [-0.39, 0.29) is 5.69 Å². The third-order valence-corrected chi connectivity index (χ3v) is 5.81. The van der Waals surface area contributed by atoms with Crippen molar-refractivity contribution in [1.29, 1.82) is 0 Å². The molecule has 112 valence electrons. The van der Waals surface area contributed by atoms with Gasteiger partial charge in [0.1, 0.15) is 16.2 Å². The molecule has 0 aliphatic heterocycles. The maximum atomic E-state index is 12.3. The molecule has 2 aromatic rings. The van der Waals surface area contributed by atoms with Crippen molar-refractivity contribution in [2.75, 3.05) is 7.05 Å². The monoisotopic (exact) mass is 388 g/mol. The number of likely N-dealkylation sites (N-methyl/N-ethyl adjacent to an activating group) is 1. The number of carbonyl (C=O) groups excluding carboxylic acids is 1. The van der Waals surface area contributed by atoms with Crippen molar-refractivity contribution in [3.8, 4) is 9.88 Å². The number of rotatable bonds is 4. The summed E-state index contributed by atoms with van der Waals surface area (Å²) in [7, 11) is 1.47. The van der Waals surface area contributed by atoms with Gasteiger partial charge in [-0.1, -0.05) is 0 Å². The van der Waals surface area contributed by atoms with Crippen LogP contribution in [0.2, 0.25) is 0 Å². The van der Waals surface area contributed by atoms with Crippen LogP contribution in [0.1, 0.15) is 24.3 Å². The zero-order valence-electron chi connectivity index (χ0n) is 11.6. The number of halogens is 1. The van der Waals surface area contributed by atoms with Gasteiger partial charge in [0, 0.05) is 12.4 Å². The molecule has 1 amide bonds. The van der Waals surface area contributed by atoms with Crippen molar-refractivity contribution in [3.05, 3.63) is 27.0 Å². The second-order valence-electron chi connectivity index (χ2n) is 4.87. The molecule has 2 heterocycles. The van der Waals surface area contributed by atoms with Gasteiger partial charge in [-0.3, -0.25) is 4.79 Å². The number of carboxylic acids is 1. The third-order valence-electron chi connectivity index (χ3n) is 3.17. The zero-order valence-corrected chi connectivity index (χ0v) is 14.8. The summed E-state index contributed by atoms with van der Waals surface area (Å²) < 4.78 is 0.990. The molecule has 0 aliphatic carbocycles. The molecule has 0 aromatic carbocycles. The Morgan fingerprint density at radius 3 is 2.57 bits per heavy atom. The van der Waals surface area contributed by atoms with Crippen molar-refractivity contribution in [2.45, 2.75) is 19.4 Å². The van der Waals surface area contributed by atoms with E-state index in [9.17, 15) is 14.7 Å². The van der Waals surface area contributed by atoms with Crippen molar-refractivity contribution in [3.63, 3.8) is 0 Å². The first-order valence-electron chi connectivity index (χ1n) is 5.96. The number of carbonyl (C=O) groups is 2. The Bertz CT molecular complexity index is 693. The van der Waals surface area contributed by atoms with Crippen LogP contribution in [0.5, 0.6) is 0 Å². The van der Waals surface area contributed by atoms with Crippen LogP contribution in [0, 0.1) is 0 Å². The van der Waals surface area contributed by atoms with Crippen LogP contribution in [-0.4, -0.2) is 39.5 Å². The molecule has 0 radical (unpaired) electrons. The average Bonchev–Trinajstić information content (AvgIpc) is 3.05. The van der Waals surface area contributed by atoms with Crippen LogP contribution in [0.4, 0.5) is 0 Å². The van der Waals surface area contributed by atoms with Crippen LogP contribution >= 0.6 is 38.6 Å². The van der Waals surface area contributed by atoms with Gasteiger partial charge in [-0.25, -0.2) is 9.78 Å². The predicted molar refractivity (Wildman–Crippen MR) is 86.9 cm³/mol. The van der Waals surface area contributed by atoms with Gasteiger partial charge in [-0.15, -0.1) is 22.7 Å². The molecule has 0 bridgehead atoms. The fourth-order valence-corrected chi connectivity index (χ4v) is 3.74. The number of nitrogens with zero attached hydrogens (tertiary/aromatic N) is 2. The number of thiazole rings is 1. The predicted octanol–water partition coefficient (Wildman–Crippen LogP) is 3.57. The Hall–Kier alpha value is -1.25. The van der Waals surface area contributed by atoms with Gasteiger partial charge >= 0.3 is 5.97 Å². The Balaban J connectivity index is 2.25. The molecule has 2 rings (SSSR count). The molecule has 5 nitrogen and oxygen atoms in total. The number of aromatic nitrogens is 1. The standard InChI is InChI=1S/C13H13BrN2O3S2/c1-13(2,12(18)19)16(3)11(17)7-6-20-10(15-7)8-4-5-9(14)21-8/h4-6H,1-3H3,(H,18,19). The molecule has 8 heteroatoms. The second-order valence-corrected chi connectivity index (χ2v) is 8.19. The minimum atomic E-state index is -1.28. The maximum absolute atomic E-state index is 12.3. The van der Waals surface area contributed by atoms with E-state index in [1.807, 2.05) is 12.1 Å². The molecule has 21 heavy (non-hydrogen) atoms. The molecule has 0 saturated carbocycles. The summed E-state index contributed by atoms with van der Waals surface area (Å²) in [6, 6.07) is 3.84. The third kappa shape index (κ3) is 3.17. The Morgan fingerprint density at radius 1 is 1.38 bits per heavy atom. The van der Waals surface area contributed by atoms with Gasteiger partial charge in [0.15, 0.2) is 0 Å². The number of hydrogen-bond acceptors (Lipinski definition) is 5. The molecular formula is C13H13BrN2O3S2. The van der Waals surface area contributed by atoms with Crippen LogP contribution in [-0.2, 0) is 4.79 Å². The van der Waals surface area contributed by atoms with Crippen molar-refractivity contribution < 1.29 is 14.7 Å². The maximum Gasteiger partial charge on any atom is 0.329 e. The summed E-state index contributed by atoms with van der Waals surface area (Å²) in [5.41, 5.74) is -1.02. The summed E-state index contributed by atoms with van der Waals surface area (Å²) in [5.74, 6) is -1.46. The first-order chi connectivity index (χ1) is 9.73. The highest BCUT2D eigenvalue weighted by Crippen LogP contribution is 2.33. The quantitative estimate of drug-likeness (QED) is 0.868. The molecule has 0 unspecified atom stereocenters. The first kappa shape index (κ1) is 16.1. The Morgan fingerprint density at radius 2 is 2.05 bits per heavy atom. The molecule has 1 N–H and O–H groups in total. The summed E-state index contributed by atoms with van der Waals surface area (Å²) >= 11 is 6.28. The van der Waals surface area contributed by atoms with Crippen LogP contribution in [0.25, 0.3) is 9.88 Å². The topological polar surface area (TPSA) is 70.5 Å². The lowest BCUT2D eigenvalue weighted by Gasteiger charge is -2.30. The first-order valence-corrected chi connectivity index (χ1v) is 8.45. The molecule has 0 atom stereocenters. The fraction of sp³-hybridized carbons (Fsp3) is 0.308. The minimum absolute atomic E-state index is 0.261. The van der Waals surface area contributed by atoms with Gasteiger partial charge in [0.2, 0.25) is 0 Å². The number of hydrogen-bond donors (Lipinski definition) is 1. The summed E-state index contributed by atoms with van der Waals surface area (Å²) in [6.07, 6.45) is 0. The molecule has 0 spiro atoms. The normalized spacial score (nSPS) is 11.4. The van der Waals surface area contributed by atoms with E-state index in [0.29, 0.717) is 0 Å². The number of carboxylic acid groups (broad SMARTS) is 1. The number of thiophene rings is 1. The molecule has 0 saturated heterocycles. The van der Waals surface area contributed by atoms with Crippen molar-refractivity contribution in [2.24, 2.45) is 0 Å². The van der Waals surface area contributed by atoms with Gasteiger partial charge in [-0.05, 0) is 41.9 Å². The molecular weight excluding hydrogens is 376 g/mol. The van der Waals surface area contributed by atoms with Gasteiger partial charge in [-0.2, -0.15) is 0 Å². The van der Waals surface area contributed by atoms with Gasteiger partial charge < -0.3 is 10.0 Å². The van der Waals surface area contributed by atoms with E-state index in [2.05, 4.69) is 20.9 Å². The van der Waals surface area contributed by atoms with Crippen LogP contribution in [0.3, 0.4) is 0 Å². The smallest absolute Gasteiger partial charge is 0.329 e. The van der Waals surface area contributed by atoms with Crippen LogP contribution < -0.4 is 0 Å². The van der Waals surface area contributed by atoms with E-state index >= 15 is 0 Å². The summed E-state index contributed by atoms with van der Waals surface area (Å²) in [4.78, 5) is 30.0. The van der Waals surface area contributed by atoms with E-state index in [4.69, 9.17) is 0 Å². The lowest BCUT2D eigenvalue weighted by Crippen LogP contribution is -2.50. The fourth-order valence-electron chi connectivity index (χ4n) is 1.48. The van der Waals surface area contributed by atoms with Crippen molar-refractivity contribution >= 4 is 50.5 Å². The van der Waals surface area contributed by atoms with E-state index in [1.54, 1.807) is 5.38 Å². The lowest BCUT2D eigenvalue weighted by molar-refractivity contribution is -0.147. The SMILES string of the molecule is CN(C(=O)c1csc(-c2ccc(Br)s2)n1)C(C)(C)C(=O)O. The van der Waals surface area contributed by atoms with Gasteiger partial charge in [0.05, 0.1) is 8.66 Å². The zero-order chi connectivity index (χ0) is 15.8. The van der Waals surface area contributed by atoms with E-state index in [1.165, 1.54) is 48.5 Å². The second kappa shape index (κ2) is 5.86. The molecule has 0 aliphatic rings. The Labute approximate surface area is 138 Å². The van der Waals surface area contributed by atoms with E-state index in [0.717, 1.165) is 13.7 Å². The summed E-state index contributed by atoms with van der Waals surface area (Å²) in [5, 5.41) is 11.6. The minimum Gasteiger partial charge on any atom is -0.480 e. The highest BCUT2D eigenvalue weighted by atomic mass is 79.9. The largest absolute Gasteiger partial charge is 0.480 e. The van der Waals surface area contributed by atoms with E-state index < -0.39 is 17.4 Å². The Kier molecular flexibility index (Phi) is 4.50. The number of amides is 1. The highest BCUT2D eigenvalue weighted by molar-refractivity contribution is 9.11. The molecule has 0 fully saturated rings. The lowest BCUT2D eigenvalue weighted by atomic mass is 10.0. The average molecular weight is 389 g/mol. The molecule has 2 aromatic heterocycles.